The second kappa shape index (κ2) is 7.56. The number of nitrogens with one attached hydrogen (secondary N) is 2. The maximum absolute atomic E-state index is 11.9. The average molecular weight is 294 g/mol. The first-order valence-corrected chi connectivity index (χ1v) is 7.10. The van der Waals surface area contributed by atoms with E-state index in [2.05, 4.69) is 16.6 Å². The van der Waals surface area contributed by atoms with Gasteiger partial charge in [0.15, 0.2) is 0 Å². The van der Waals surface area contributed by atoms with Crippen LogP contribution in [0.25, 0.3) is 0 Å². The number of terminal acetylenes is 1. The van der Waals surface area contributed by atoms with Crippen LogP contribution in [0.15, 0.2) is 17.5 Å². The van der Waals surface area contributed by atoms with Crippen LogP contribution >= 0.6 is 11.3 Å². The van der Waals surface area contributed by atoms with Gasteiger partial charge >= 0.3 is 12.0 Å². The van der Waals surface area contributed by atoms with Gasteiger partial charge in [0.25, 0.3) is 0 Å². The SMILES string of the molecule is C#CCC(NC(=O)NC(c1cccs1)C(C)C)C(=O)O. The van der Waals surface area contributed by atoms with Crippen molar-refractivity contribution in [3.63, 3.8) is 0 Å². The van der Waals surface area contributed by atoms with Crippen molar-refractivity contribution >= 4 is 23.3 Å². The van der Waals surface area contributed by atoms with E-state index in [-0.39, 0.29) is 18.4 Å². The summed E-state index contributed by atoms with van der Waals surface area (Å²) in [6.07, 6.45) is 5.04. The minimum absolute atomic E-state index is 0.0475. The predicted octanol–water partition coefficient (Wildman–Crippen LogP) is 2.22. The molecule has 1 heterocycles. The van der Waals surface area contributed by atoms with E-state index >= 15 is 0 Å². The fourth-order valence-corrected chi connectivity index (χ4v) is 2.64. The van der Waals surface area contributed by atoms with E-state index in [9.17, 15) is 9.59 Å². The summed E-state index contributed by atoms with van der Waals surface area (Å²) in [6.45, 7) is 3.97. The summed E-state index contributed by atoms with van der Waals surface area (Å²) in [4.78, 5) is 23.9. The maximum atomic E-state index is 11.9. The Kier molecular flexibility index (Phi) is 6.07. The molecule has 5 nitrogen and oxygen atoms in total. The molecule has 0 aliphatic heterocycles. The van der Waals surface area contributed by atoms with E-state index in [1.807, 2.05) is 31.4 Å². The highest BCUT2D eigenvalue weighted by atomic mass is 32.1. The molecule has 2 unspecified atom stereocenters. The number of thiophene rings is 1. The lowest BCUT2D eigenvalue weighted by molar-refractivity contribution is -0.139. The number of aliphatic carboxylic acids is 1. The molecule has 0 spiro atoms. The number of carbonyl (C=O) groups is 2. The summed E-state index contributed by atoms with van der Waals surface area (Å²) < 4.78 is 0. The van der Waals surface area contributed by atoms with Crippen molar-refractivity contribution in [3.8, 4) is 12.3 Å². The van der Waals surface area contributed by atoms with E-state index in [1.165, 1.54) is 0 Å². The molecule has 0 saturated heterocycles. The first-order valence-electron chi connectivity index (χ1n) is 6.22. The van der Waals surface area contributed by atoms with Crippen LogP contribution in [0.3, 0.4) is 0 Å². The van der Waals surface area contributed by atoms with Gasteiger partial charge in [-0.3, -0.25) is 0 Å². The number of hydrogen-bond donors (Lipinski definition) is 3. The smallest absolute Gasteiger partial charge is 0.327 e. The van der Waals surface area contributed by atoms with Crippen LogP contribution in [0, 0.1) is 18.3 Å². The third-order valence-electron chi connectivity index (χ3n) is 2.73. The Morgan fingerprint density at radius 3 is 2.60 bits per heavy atom. The minimum Gasteiger partial charge on any atom is -0.480 e. The van der Waals surface area contributed by atoms with Crippen molar-refractivity contribution in [2.24, 2.45) is 5.92 Å². The number of carboxylic acid groups (broad SMARTS) is 1. The van der Waals surface area contributed by atoms with Crippen LogP contribution in [-0.4, -0.2) is 23.1 Å². The molecule has 0 fully saturated rings. The van der Waals surface area contributed by atoms with Gasteiger partial charge < -0.3 is 15.7 Å². The molecule has 6 heteroatoms. The molecule has 0 aliphatic rings. The third-order valence-corrected chi connectivity index (χ3v) is 3.68. The Labute approximate surface area is 122 Å². The van der Waals surface area contributed by atoms with Crippen molar-refractivity contribution in [2.75, 3.05) is 0 Å². The second-order valence-corrected chi connectivity index (χ2v) is 5.63. The molecule has 0 radical (unpaired) electrons. The fraction of sp³-hybridized carbons (Fsp3) is 0.429. The zero-order valence-corrected chi connectivity index (χ0v) is 12.2. The normalized spacial score (nSPS) is 13.3. The second-order valence-electron chi connectivity index (χ2n) is 4.65. The third kappa shape index (κ3) is 4.59. The van der Waals surface area contributed by atoms with Gasteiger partial charge in [0.1, 0.15) is 6.04 Å². The van der Waals surface area contributed by atoms with Crippen LogP contribution in [-0.2, 0) is 4.79 Å². The molecule has 3 N–H and O–H groups in total. The standard InChI is InChI=1S/C14H18N2O3S/c1-4-6-10(13(17)18)15-14(19)16-12(9(2)3)11-7-5-8-20-11/h1,5,7-10,12H,6H2,2-3H3,(H,17,18)(H2,15,16,19). The number of rotatable bonds is 6. The van der Waals surface area contributed by atoms with Gasteiger partial charge in [0.2, 0.25) is 0 Å². The average Bonchev–Trinajstić information content (AvgIpc) is 2.88. The quantitative estimate of drug-likeness (QED) is 0.704. The first-order chi connectivity index (χ1) is 9.45. The summed E-state index contributed by atoms with van der Waals surface area (Å²) in [5.74, 6) is 1.28. The first kappa shape index (κ1) is 16.1. The molecular weight excluding hydrogens is 276 g/mol. The topological polar surface area (TPSA) is 78.4 Å². The van der Waals surface area contributed by atoms with Gasteiger partial charge in [-0.1, -0.05) is 19.9 Å². The van der Waals surface area contributed by atoms with Crippen molar-refractivity contribution in [2.45, 2.75) is 32.4 Å². The van der Waals surface area contributed by atoms with Crippen LogP contribution in [0.2, 0.25) is 0 Å². The lowest BCUT2D eigenvalue weighted by Gasteiger charge is -2.22. The Balaban J connectivity index is 2.68. The Morgan fingerprint density at radius 1 is 1.45 bits per heavy atom. The highest BCUT2D eigenvalue weighted by Crippen LogP contribution is 2.25. The summed E-state index contributed by atoms with van der Waals surface area (Å²) in [6, 6.07) is 2.09. The summed E-state index contributed by atoms with van der Waals surface area (Å²) in [7, 11) is 0. The van der Waals surface area contributed by atoms with Crippen molar-refractivity contribution in [1.29, 1.82) is 0 Å². The molecule has 20 heavy (non-hydrogen) atoms. The zero-order valence-electron chi connectivity index (χ0n) is 11.4. The van der Waals surface area contributed by atoms with E-state index in [1.54, 1.807) is 11.3 Å². The zero-order chi connectivity index (χ0) is 15.1. The highest BCUT2D eigenvalue weighted by Gasteiger charge is 2.23. The molecule has 108 valence electrons. The minimum atomic E-state index is -1.14. The highest BCUT2D eigenvalue weighted by molar-refractivity contribution is 7.10. The summed E-state index contributed by atoms with van der Waals surface area (Å²) >= 11 is 1.55. The summed E-state index contributed by atoms with van der Waals surface area (Å²) in [5, 5.41) is 16.0. The molecule has 1 aromatic rings. The Hall–Kier alpha value is -2.00. The van der Waals surface area contributed by atoms with Crippen LogP contribution in [0.4, 0.5) is 4.79 Å². The Bertz CT molecular complexity index is 491. The van der Waals surface area contributed by atoms with E-state index in [0.717, 1.165) is 4.88 Å². The van der Waals surface area contributed by atoms with E-state index < -0.39 is 18.0 Å². The molecule has 0 bridgehead atoms. The van der Waals surface area contributed by atoms with Crippen LogP contribution < -0.4 is 10.6 Å². The number of urea groups is 1. The van der Waals surface area contributed by atoms with E-state index in [0.29, 0.717) is 0 Å². The molecule has 0 saturated carbocycles. The lowest BCUT2D eigenvalue weighted by atomic mass is 10.0. The van der Waals surface area contributed by atoms with Gasteiger partial charge in [-0.25, -0.2) is 9.59 Å². The lowest BCUT2D eigenvalue weighted by Crippen LogP contribution is -2.47. The van der Waals surface area contributed by atoms with E-state index in [4.69, 9.17) is 11.5 Å². The largest absolute Gasteiger partial charge is 0.480 e. The molecule has 0 aliphatic carbocycles. The monoisotopic (exact) mass is 294 g/mol. The number of hydrogen-bond acceptors (Lipinski definition) is 3. The van der Waals surface area contributed by atoms with Crippen LogP contribution in [0.1, 0.15) is 31.2 Å². The van der Waals surface area contributed by atoms with Gasteiger partial charge in [-0.05, 0) is 17.4 Å². The van der Waals surface area contributed by atoms with Crippen LogP contribution in [0.5, 0.6) is 0 Å². The van der Waals surface area contributed by atoms with Crippen molar-refractivity contribution < 1.29 is 14.7 Å². The molecule has 2 amide bonds. The summed E-state index contributed by atoms with van der Waals surface area (Å²) in [5.41, 5.74) is 0. The molecular formula is C14H18N2O3S. The molecule has 1 aromatic heterocycles. The van der Waals surface area contributed by atoms with Gasteiger partial charge in [-0.2, -0.15) is 0 Å². The van der Waals surface area contributed by atoms with Crippen molar-refractivity contribution in [1.82, 2.24) is 10.6 Å². The molecule has 0 aromatic carbocycles. The molecule has 1 rings (SSSR count). The molecule has 2 atom stereocenters. The number of carbonyl (C=O) groups excluding carboxylic acids is 1. The predicted molar refractivity (Wildman–Crippen MR) is 78.4 cm³/mol. The number of carboxylic acids is 1. The van der Waals surface area contributed by atoms with Crippen molar-refractivity contribution in [3.05, 3.63) is 22.4 Å². The number of amides is 2. The fourth-order valence-electron chi connectivity index (χ4n) is 1.69. The van der Waals surface area contributed by atoms with Gasteiger partial charge in [-0.15, -0.1) is 23.7 Å². The maximum Gasteiger partial charge on any atom is 0.327 e. The van der Waals surface area contributed by atoms with Gasteiger partial charge in [0, 0.05) is 11.3 Å². The Morgan fingerprint density at radius 2 is 2.15 bits per heavy atom. The van der Waals surface area contributed by atoms with Gasteiger partial charge in [0.05, 0.1) is 6.04 Å².